The highest BCUT2D eigenvalue weighted by Gasteiger charge is 2.52. The van der Waals surface area contributed by atoms with Gasteiger partial charge in [0.05, 0.1) is 0 Å². The third-order valence-electron chi connectivity index (χ3n) is 5.84. The van der Waals surface area contributed by atoms with Gasteiger partial charge in [-0.15, -0.1) is 0 Å². The van der Waals surface area contributed by atoms with Crippen molar-refractivity contribution in [3.63, 3.8) is 0 Å². The molecule has 4 atom stereocenters. The Kier molecular flexibility index (Phi) is 4.56. The van der Waals surface area contributed by atoms with E-state index in [4.69, 9.17) is 22.9 Å². The molecule has 4 heteroatoms. The molecular formula is C15H32N4. The molecule has 0 spiro atoms. The lowest BCUT2D eigenvalue weighted by molar-refractivity contribution is 0.0558. The summed E-state index contributed by atoms with van der Waals surface area (Å²) in [4.78, 5) is 0. The Morgan fingerprint density at radius 2 is 1.32 bits per heavy atom. The highest BCUT2D eigenvalue weighted by molar-refractivity contribution is 5.13. The Hall–Kier alpha value is -0.160. The zero-order valence-electron chi connectivity index (χ0n) is 12.4. The Morgan fingerprint density at radius 3 is 1.63 bits per heavy atom. The van der Waals surface area contributed by atoms with Crippen LogP contribution < -0.4 is 22.9 Å². The van der Waals surface area contributed by atoms with E-state index in [9.17, 15) is 0 Å². The van der Waals surface area contributed by atoms with Crippen molar-refractivity contribution in [3.05, 3.63) is 0 Å². The Morgan fingerprint density at radius 1 is 0.895 bits per heavy atom. The molecule has 4 unspecified atom stereocenters. The molecule has 0 bridgehead atoms. The first-order chi connectivity index (χ1) is 8.95. The summed E-state index contributed by atoms with van der Waals surface area (Å²) in [7, 11) is 0. The highest BCUT2D eigenvalue weighted by Crippen LogP contribution is 2.43. The predicted octanol–water partition coefficient (Wildman–Crippen LogP) is 1.21. The average Bonchev–Trinajstić information content (AvgIpc) is 2.38. The lowest BCUT2D eigenvalue weighted by atomic mass is 9.58. The van der Waals surface area contributed by atoms with E-state index < -0.39 is 0 Å². The second kappa shape index (κ2) is 5.68. The Bertz CT molecular complexity index is 281. The summed E-state index contributed by atoms with van der Waals surface area (Å²) in [5.74, 6) is 0.241. The van der Waals surface area contributed by atoms with E-state index in [-0.39, 0.29) is 29.1 Å². The summed E-state index contributed by atoms with van der Waals surface area (Å²) < 4.78 is 0. The molecule has 8 N–H and O–H groups in total. The van der Waals surface area contributed by atoms with Crippen molar-refractivity contribution < 1.29 is 0 Å². The van der Waals surface area contributed by atoms with E-state index in [1.54, 1.807) is 0 Å². The van der Waals surface area contributed by atoms with Gasteiger partial charge in [0.15, 0.2) is 0 Å². The molecule has 0 aliphatic heterocycles. The third-order valence-corrected chi connectivity index (χ3v) is 5.84. The number of hydrogen-bond acceptors (Lipinski definition) is 4. The molecule has 2 aliphatic rings. The van der Waals surface area contributed by atoms with Crippen molar-refractivity contribution in [1.29, 1.82) is 0 Å². The monoisotopic (exact) mass is 268 g/mol. The summed E-state index contributed by atoms with van der Waals surface area (Å²) in [6.07, 6.45) is 9.76. The molecule has 0 saturated heterocycles. The number of rotatable bonds is 3. The molecule has 2 fully saturated rings. The van der Waals surface area contributed by atoms with Crippen LogP contribution in [0, 0.1) is 5.92 Å². The van der Waals surface area contributed by atoms with Gasteiger partial charge in [0.25, 0.3) is 0 Å². The average molecular weight is 268 g/mol. The highest BCUT2D eigenvalue weighted by atomic mass is 15.0. The molecule has 2 saturated carbocycles. The maximum atomic E-state index is 6.78. The lowest BCUT2D eigenvalue weighted by Gasteiger charge is -2.55. The Labute approximate surface area is 117 Å². The van der Waals surface area contributed by atoms with E-state index in [1.165, 1.54) is 25.7 Å². The van der Waals surface area contributed by atoms with Crippen LogP contribution in [0.25, 0.3) is 0 Å². The predicted molar refractivity (Wildman–Crippen MR) is 80.5 cm³/mol. The van der Waals surface area contributed by atoms with Gasteiger partial charge in [-0.2, -0.15) is 0 Å². The first kappa shape index (κ1) is 15.2. The molecule has 112 valence electrons. The molecule has 0 aromatic carbocycles. The van der Waals surface area contributed by atoms with E-state index in [1.807, 2.05) is 0 Å². The molecule has 0 aromatic rings. The molecule has 0 heterocycles. The van der Waals surface area contributed by atoms with Crippen LogP contribution in [0.5, 0.6) is 0 Å². The normalized spacial score (nSPS) is 45.9. The van der Waals surface area contributed by atoms with Crippen LogP contribution in [0.3, 0.4) is 0 Å². The van der Waals surface area contributed by atoms with Gasteiger partial charge in [-0.3, -0.25) is 0 Å². The fourth-order valence-electron chi connectivity index (χ4n) is 4.62. The van der Waals surface area contributed by atoms with Gasteiger partial charge in [-0.05, 0) is 38.0 Å². The summed E-state index contributed by atoms with van der Waals surface area (Å²) in [6.45, 7) is 2.19. The smallest absolute Gasteiger partial charge is 0.0354 e. The topological polar surface area (TPSA) is 104 Å². The van der Waals surface area contributed by atoms with Crippen molar-refractivity contribution >= 4 is 0 Å². The number of hydrogen-bond donors (Lipinski definition) is 4. The zero-order chi connectivity index (χ0) is 14.1. The van der Waals surface area contributed by atoms with Crippen LogP contribution in [0.15, 0.2) is 0 Å². The van der Waals surface area contributed by atoms with E-state index in [2.05, 4.69) is 6.92 Å². The molecule has 0 radical (unpaired) electrons. The second-order valence-electron chi connectivity index (χ2n) is 6.89. The summed E-state index contributed by atoms with van der Waals surface area (Å²) in [6, 6.07) is 0.140. The van der Waals surface area contributed by atoms with Crippen molar-refractivity contribution in [2.24, 2.45) is 28.9 Å². The van der Waals surface area contributed by atoms with Crippen LogP contribution in [-0.4, -0.2) is 23.2 Å². The van der Waals surface area contributed by atoms with E-state index >= 15 is 0 Å². The first-order valence-corrected chi connectivity index (χ1v) is 8.04. The van der Waals surface area contributed by atoms with Gasteiger partial charge >= 0.3 is 0 Å². The summed E-state index contributed by atoms with van der Waals surface area (Å²) in [5, 5.41) is 0. The standard InChI is InChI=1S/C15H32N4/c1-2-11(14(18)9-5-3-7-12(14)16)15(19)10-6-4-8-13(15)17/h11-13H,2-10,16-19H2,1H3. The number of nitrogens with two attached hydrogens (primary N) is 4. The minimum Gasteiger partial charge on any atom is -0.326 e. The van der Waals surface area contributed by atoms with Gasteiger partial charge in [0.2, 0.25) is 0 Å². The molecule has 19 heavy (non-hydrogen) atoms. The van der Waals surface area contributed by atoms with Gasteiger partial charge in [-0.25, -0.2) is 0 Å². The van der Waals surface area contributed by atoms with E-state index in [0.717, 1.165) is 32.1 Å². The fraction of sp³-hybridized carbons (Fsp3) is 1.00. The van der Waals surface area contributed by atoms with Crippen LogP contribution in [-0.2, 0) is 0 Å². The van der Waals surface area contributed by atoms with E-state index in [0.29, 0.717) is 0 Å². The molecule has 0 amide bonds. The third kappa shape index (κ3) is 2.56. The van der Waals surface area contributed by atoms with Crippen molar-refractivity contribution in [1.82, 2.24) is 0 Å². The minimum atomic E-state index is -0.323. The van der Waals surface area contributed by atoms with Gasteiger partial charge in [-0.1, -0.05) is 32.6 Å². The first-order valence-electron chi connectivity index (χ1n) is 8.04. The largest absolute Gasteiger partial charge is 0.326 e. The Balaban J connectivity index is 2.27. The molecule has 2 rings (SSSR count). The summed E-state index contributed by atoms with van der Waals surface area (Å²) >= 11 is 0. The zero-order valence-corrected chi connectivity index (χ0v) is 12.4. The van der Waals surface area contributed by atoms with Crippen molar-refractivity contribution in [2.75, 3.05) is 0 Å². The molecule has 4 nitrogen and oxygen atoms in total. The maximum Gasteiger partial charge on any atom is 0.0354 e. The molecular weight excluding hydrogens is 236 g/mol. The van der Waals surface area contributed by atoms with Gasteiger partial charge in [0.1, 0.15) is 0 Å². The lowest BCUT2D eigenvalue weighted by Crippen LogP contribution is -2.73. The van der Waals surface area contributed by atoms with Crippen molar-refractivity contribution in [3.8, 4) is 0 Å². The van der Waals surface area contributed by atoms with Crippen LogP contribution in [0.4, 0.5) is 0 Å². The summed E-state index contributed by atoms with van der Waals surface area (Å²) in [5.41, 5.74) is 25.7. The van der Waals surface area contributed by atoms with Crippen molar-refractivity contribution in [2.45, 2.75) is 87.9 Å². The van der Waals surface area contributed by atoms with Gasteiger partial charge in [0, 0.05) is 23.2 Å². The molecule has 2 aliphatic carbocycles. The van der Waals surface area contributed by atoms with Crippen LogP contribution in [0.2, 0.25) is 0 Å². The maximum absolute atomic E-state index is 6.78. The SMILES string of the molecule is CCC(C1(N)CCCCC1N)C1(N)CCCCC1N. The minimum absolute atomic E-state index is 0.0701. The van der Waals surface area contributed by atoms with Crippen LogP contribution >= 0.6 is 0 Å². The van der Waals surface area contributed by atoms with Crippen LogP contribution in [0.1, 0.15) is 64.7 Å². The second-order valence-corrected chi connectivity index (χ2v) is 6.89. The molecule has 0 aromatic heterocycles. The van der Waals surface area contributed by atoms with Gasteiger partial charge < -0.3 is 22.9 Å². The fourth-order valence-corrected chi connectivity index (χ4v) is 4.62. The quantitative estimate of drug-likeness (QED) is 0.617.